The molecule has 7 nitrogen and oxygen atoms in total. The van der Waals surface area contributed by atoms with Gasteiger partial charge >= 0.3 is 0 Å². The summed E-state index contributed by atoms with van der Waals surface area (Å²) in [5, 5.41) is 2.88. The Balaban J connectivity index is 1.72. The Bertz CT molecular complexity index is 887. The van der Waals surface area contributed by atoms with Crippen LogP contribution < -0.4 is 10.1 Å². The number of nitrogens with one attached hydrogen (secondary N) is 1. The van der Waals surface area contributed by atoms with Crippen molar-refractivity contribution in [3.05, 3.63) is 48.8 Å². The molecule has 0 unspecified atom stereocenters. The maximum Gasteiger partial charge on any atom is 0.244 e. The Morgan fingerprint density at radius 2 is 2.11 bits per heavy atom. The van der Waals surface area contributed by atoms with Crippen LogP contribution in [-0.2, 0) is 14.8 Å². The number of rotatable bonds is 6. The number of anilines is 1. The highest BCUT2D eigenvalue weighted by atomic mass is 32.2. The quantitative estimate of drug-likeness (QED) is 0.820. The van der Waals surface area contributed by atoms with E-state index in [4.69, 9.17) is 4.74 Å². The van der Waals surface area contributed by atoms with Crippen molar-refractivity contribution >= 4 is 21.6 Å². The summed E-state index contributed by atoms with van der Waals surface area (Å²) in [4.78, 5) is 16.8. The lowest BCUT2D eigenvalue weighted by Gasteiger charge is -2.31. The molecule has 1 amide bonds. The van der Waals surface area contributed by atoms with Crippen LogP contribution in [0.1, 0.15) is 19.8 Å². The Morgan fingerprint density at radius 3 is 2.85 bits per heavy atom. The van der Waals surface area contributed by atoms with Crippen LogP contribution >= 0.6 is 0 Å². The number of para-hydroxylation sites is 2. The summed E-state index contributed by atoms with van der Waals surface area (Å²) in [5.74, 6) is -0.0166. The Hall–Kier alpha value is -2.45. The molecule has 3 rings (SSSR count). The molecule has 2 aromatic rings. The number of aromatic nitrogens is 1. The van der Waals surface area contributed by atoms with E-state index >= 15 is 0 Å². The Kier molecular flexibility index (Phi) is 6.08. The second-order valence-corrected chi connectivity index (χ2v) is 8.25. The van der Waals surface area contributed by atoms with Gasteiger partial charge in [0.15, 0.2) is 0 Å². The summed E-state index contributed by atoms with van der Waals surface area (Å²) in [6.07, 6.45) is 4.13. The maximum absolute atomic E-state index is 12.8. The molecule has 1 aromatic carbocycles. The van der Waals surface area contributed by atoms with Crippen LogP contribution in [0.25, 0.3) is 0 Å². The highest BCUT2D eigenvalue weighted by Crippen LogP contribution is 2.27. The average molecular weight is 389 g/mol. The zero-order valence-corrected chi connectivity index (χ0v) is 16.0. The van der Waals surface area contributed by atoms with Gasteiger partial charge in [0, 0.05) is 25.5 Å². The fourth-order valence-electron chi connectivity index (χ4n) is 3.11. The number of pyridine rings is 1. The van der Waals surface area contributed by atoms with Crippen molar-refractivity contribution < 1.29 is 17.9 Å². The summed E-state index contributed by atoms with van der Waals surface area (Å²) in [7, 11) is -3.65. The fourth-order valence-corrected chi connectivity index (χ4v) is 4.60. The van der Waals surface area contributed by atoms with Gasteiger partial charge in [0.2, 0.25) is 15.9 Å². The number of nitrogens with zero attached hydrogens (tertiary/aromatic N) is 2. The zero-order valence-electron chi connectivity index (χ0n) is 15.2. The van der Waals surface area contributed by atoms with E-state index < -0.39 is 15.9 Å². The fraction of sp³-hybridized carbons (Fsp3) is 0.368. The zero-order chi connectivity index (χ0) is 19.3. The number of benzene rings is 1. The first-order valence-electron chi connectivity index (χ1n) is 8.95. The first-order chi connectivity index (χ1) is 13.0. The molecule has 1 aliphatic heterocycles. The number of ether oxygens (including phenoxy) is 1. The predicted octanol–water partition coefficient (Wildman–Crippen LogP) is 2.52. The van der Waals surface area contributed by atoms with Gasteiger partial charge in [0.1, 0.15) is 10.6 Å². The number of piperidine rings is 1. The number of carbonyl (C=O) groups excluding carboxylic acids is 1. The Morgan fingerprint density at radius 1 is 1.30 bits per heavy atom. The van der Waals surface area contributed by atoms with Crippen LogP contribution in [0.2, 0.25) is 0 Å². The van der Waals surface area contributed by atoms with Gasteiger partial charge in [-0.2, -0.15) is 4.31 Å². The molecule has 27 heavy (non-hydrogen) atoms. The van der Waals surface area contributed by atoms with Crippen molar-refractivity contribution in [2.45, 2.75) is 24.7 Å². The summed E-state index contributed by atoms with van der Waals surface area (Å²) in [5.41, 5.74) is 0.594. The van der Waals surface area contributed by atoms with Crippen molar-refractivity contribution in [2.24, 2.45) is 5.92 Å². The van der Waals surface area contributed by atoms with E-state index in [2.05, 4.69) is 10.3 Å². The molecule has 1 fully saturated rings. The number of carbonyl (C=O) groups is 1. The molecular formula is C19H23N3O4S. The van der Waals surface area contributed by atoms with Gasteiger partial charge in [0.25, 0.3) is 0 Å². The van der Waals surface area contributed by atoms with Gasteiger partial charge in [-0.15, -0.1) is 0 Å². The first kappa shape index (κ1) is 19.3. The van der Waals surface area contributed by atoms with Crippen LogP contribution in [0, 0.1) is 5.92 Å². The van der Waals surface area contributed by atoms with E-state index in [1.54, 1.807) is 18.2 Å². The van der Waals surface area contributed by atoms with E-state index in [1.807, 2.05) is 19.1 Å². The normalized spacial score (nSPS) is 18.0. The molecule has 1 aliphatic rings. The molecule has 1 N–H and O–H groups in total. The summed E-state index contributed by atoms with van der Waals surface area (Å²) >= 11 is 0. The molecule has 0 radical (unpaired) electrons. The van der Waals surface area contributed by atoms with Crippen molar-refractivity contribution in [3.63, 3.8) is 0 Å². The predicted molar refractivity (Wildman–Crippen MR) is 102 cm³/mol. The standard InChI is InChI=1S/C19H23N3O4S/c1-2-26-18-10-4-3-9-17(18)21-19(23)15-7-6-12-22(14-15)27(24,25)16-8-5-11-20-13-16/h3-5,8-11,13,15H,2,6-7,12,14H2,1H3,(H,21,23)/t15-/m0/s1. The van der Waals surface area contributed by atoms with Gasteiger partial charge < -0.3 is 10.1 Å². The molecule has 0 bridgehead atoms. The summed E-state index contributed by atoms with van der Waals surface area (Å²) in [6.45, 7) is 2.92. The minimum Gasteiger partial charge on any atom is -0.492 e. The average Bonchev–Trinajstić information content (AvgIpc) is 2.70. The second kappa shape index (κ2) is 8.49. The highest BCUT2D eigenvalue weighted by Gasteiger charge is 2.33. The van der Waals surface area contributed by atoms with Crippen LogP contribution in [0.4, 0.5) is 5.69 Å². The molecule has 0 aliphatic carbocycles. The van der Waals surface area contributed by atoms with E-state index in [1.165, 1.54) is 22.8 Å². The number of hydrogen-bond acceptors (Lipinski definition) is 5. The van der Waals surface area contributed by atoms with Crippen LogP contribution in [0.15, 0.2) is 53.7 Å². The molecule has 0 spiro atoms. The number of amides is 1. The van der Waals surface area contributed by atoms with Crippen LogP contribution in [0.3, 0.4) is 0 Å². The molecule has 1 atom stereocenters. The van der Waals surface area contributed by atoms with Crippen molar-refractivity contribution in [1.29, 1.82) is 0 Å². The molecule has 144 valence electrons. The second-order valence-electron chi connectivity index (χ2n) is 6.31. The maximum atomic E-state index is 12.8. The molecule has 0 saturated carbocycles. The number of hydrogen-bond donors (Lipinski definition) is 1. The van der Waals surface area contributed by atoms with Crippen molar-refractivity contribution in [3.8, 4) is 5.75 Å². The molecule has 1 aromatic heterocycles. The number of sulfonamides is 1. The summed E-state index contributed by atoms with van der Waals surface area (Å²) < 4.78 is 32.5. The van der Waals surface area contributed by atoms with Crippen molar-refractivity contribution in [1.82, 2.24) is 9.29 Å². The van der Waals surface area contributed by atoms with E-state index in [0.717, 1.165) is 0 Å². The Labute approximate surface area is 159 Å². The van der Waals surface area contributed by atoms with Crippen LogP contribution in [-0.4, -0.2) is 43.3 Å². The third-order valence-electron chi connectivity index (χ3n) is 4.47. The smallest absolute Gasteiger partial charge is 0.244 e. The van der Waals surface area contributed by atoms with Crippen molar-refractivity contribution in [2.75, 3.05) is 25.0 Å². The lowest BCUT2D eigenvalue weighted by atomic mass is 9.98. The van der Waals surface area contributed by atoms with Gasteiger partial charge in [0.05, 0.1) is 18.2 Å². The van der Waals surface area contributed by atoms with Gasteiger partial charge in [-0.25, -0.2) is 8.42 Å². The largest absolute Gasteiger partial charge is 0.492 e. The van der Waals surface area contributed by atoms with Gasteiger partial charge in [-0.05, 0) is 44.0 Å². The molecule has 2 heterocycles. The molecule has 1 saturated heterocycles. The SMILES string of the molecule is CCOc1ccccc1NC(=O)[C@H]1CCCN(S(=O)(=O)c2cccnc2)C1. The topological polar surface area (TPSA) is 88.6 Å². The monoisotopic (exact) mass is 389 g/mol. The minimum absolute atomic E-state index is 0.146. The van der Waals surface area contributed by atoms with Gasteiger partial charge in [-0.3, -0.25) is 9.78 Å². The van der Waals surface area contributed by atoms with Gasteiger partial charge in [-0.1, -0.05) is 12.1 Å². The summed E-state index contributed by atoms with van der Waals surface area (Å²) in [6, 6.07) is 10.3. The molecular weight excluding hydrogens is 366 g/mol. The van der Waals surface area contributed by atoms with Crippen LogP contribution in [0.5, 0.6) is 5.75 Å². The van der Waals surface area contributed by atoms with E-state index in [0.29, 0.717) is 37.4 Å². The van der Waals surface area contributed by atoms with E-state index in [-0.39, 0.29) is 17.3 Å². The third kappa shape index (κ3) is 4.45. The molecule has 8 heteroatoms. The lowest BCUT2D eigenvalue weighted by molar-refractivity contribution is -0.120. The highest BCUT2D eigenvalue weighted by molar-refractivity contribution is 7.89. The third-order valence-corrected chi connectivity index (χ3v) is 6.32. The minimum atomic E-state index is -3.65. The van der Waals surface area contributed by atoms with E-state index in [9.17, 15) is 13.2 Å². The lowest BCUT2D eigenvalue weighted by Crippen LogP contribution is -2.43. The first-order valence-corrected chi connectivity index (χ1v) is 10.4.